The van der Waals surface area contributed by atoms with Crippen LogP contribution in [0.5, 0.6) is 11.6 Å². The summed E-state index contributed by atoms with van der Waals surface area (Å²) >= 11 is 0. The van der Waals surface area contributed by atoms with Crippen molar-refractivity contribution in [3.8, 4) is 11.6 Å². The largest absolute Gasteiger partial charge is 1.00 e. The number of fused-ring (bicyclic) bond motifs is 1. The van der Waals surface area contributed by atoms with Crippen molar-refractivity contribution in [2.75, 3.05) is 0 Å². The van der Waals surface area contributed by atoms with Gasteiger partial charge < -0.3 is 19.4 Å². The van der Waals surface area contributed by atoms with Gasteiger partial charge in [-0.05, 0) is 23.2 Å². The van der Waals surface area contributed by atoms with Crippen molar-refractivity contribution in [2.45, 2.75) is 6.61 Å². The Kier molecular flexibility index (Phi) is 5.49. The molecule has 0 amide bonds. The standard InChI is InChI=1S/C13H8BN2O3.Rb/c1-15-10-2-5-13(16-7-10)19-11-3-4-12-9(6-11)8-18-14(12)17;/h3-7,17H,8H2;/q-1;+1. The molecule has 7 heteroatoms. The van der Waals surface area contributed by atoms with E-state index in [4.69, 9.17) is 16.0 Å². The fourth-order valence-electron chi connectivity index (χ4n) is 1.84. The number of rotatable bonds is 2. The van der Waals surface area contributed by atoms with E-state index in [1.165, 1.54) is 12.3 Å². The summed E-state index contributed by atoms with van der Waals surface area (Å²) in [6.45, 7) is 7.18. The van der Waals surface area contributed by atoms with E-state index in [1.807, 2.05) is 0 Å². The molecule has 5 nitrogen and oxygen atoms in total. The van der Waals surface area contributed by atoms with Crippen LogP contribution in [0.2, 0.25) is 0 Å². The molecule has 0 atom stereocenters. The first-order valence-corrected chi connectivity index (χ1v) is 5.62. The van der Waals surface area contributed by atoms with Crippen LogP contribution in [0.15, 0.2) is 30.5 Å². The van der Waals surface area contributed by atoms with Crippen molar-refractivity contribution in [1.82, 2.24) is 4.98 Å². The van der Waals surface area contributed by atoms with E-state index in [-0.39, 0.29) is 58.2 Å². The van der Waals surface area contributed by atoms with Crippen LogP contribution in [-0.2, 0) is 11.3 Å². The molecule has 0 radical (unpaired) electrons. The van der Waals surface area contributed by atoms with Gasteiger partial charge in [-0.1, -0.05) is 12.3 Å². The van der Waals surface area contributed by atoms with Crippen LogP contribution in [0.25, 0.3) is 4.85 Å². The predicted molar refractivity (Wildman–Crippen MR) is 68.2 cm³/mol. The fourth-order valence-corrected chi connectivity index (χ4v) is 1.84. The second kappa shape index (κ2) is 6.94. The molecule has 0 saturated heterocycles. The Labute approximate surface area is 165 Å². The van der Waals surface area contributed by atoms with E-state index < -0.39 is 7.12 Å². The van der Waals surface area contributed by atoms with E-state index in [0.29, 0.717) is 23.9 Å². The Hall–Kier alpha value is -0.550. The molecule has 0 unspecified atom stereocenters. The molecule has 1 N–H and O–H groups in total. The number of hydrogen-bond donors (Lipinski definition) is 1. The van der Waals surface area contributed by atoms with Crippen LogP contribution >= 0.6 is 0 Å². The smallest absolute Gasteiger partial charge is 0.499 e. The molecule has 3 rings (SSSR count). The molecule has 0 bridgehead atoms. The Bertz CT molecular complexity index is 658. The maximum absolute atomic E-state index is 9.51. The zero-order valence-corrected chi connectivity index (χ0v) is 15.7. The predicted octanol–water partition coefficient (Wildman–Crippen LogP) is -1.55. The monoisotopic (exact) mass is 336 g/mol. The van der Waals surface area contributed by atoms with Gasteiger partial charge in [-0.3, -0.25) is 4.85 Å². The third kappa shape index (κ3) is 3.37. The van der Waals surface area contributed by atoms with Crippen molar-refractivity contribution < 1.29 is 72.6 Å². The summed E-state index contributed by atoms with van der Waals surface area (Å²) in [7, 11) is -0.853. The third-order valence-electron chi connectivity index (χ3n) is 2.78. The summed E-state index contributed by atoms with van der Waals surface area (Å²) < 4.78 is 10.7. The minimum Gasteiger partial charge on any atom is -0.499 e. The molecule has 0 aliphatic carbocycles. The minimum absolute atomic E-state index is 0. The zero-order chi connectivity index (χ0) is 13.2. The molecular formula is C13H8BN2O3Rb. The van der Waals surface area contributed by atoms with Crippen LogP contribution in [0.1, 0.15) is 5.56 Å². The van der Waals surface area contributed by atoms with E-state index in [1.54, 1.807) is 18.2 Å². The molecular weight excluding hydrogens is 328 g/mol. The first-order valence-electron chi connectivity index (χ1n) is 5.62. The number of nitrogens with zero attached hydrogens (tertiary/aromatic N) is 2. The number of pyridine rings is 1. The molecule has 1 aromatic carbocycles. The summed E-state index contributed by atoms with van der Waals surface area (Å²) in [6.07, 6.45) is 1.41. The van der Waals surface area contributed by atoms with Gasteiger partial charge in [0.25, 0.3) is 0 Å². The third-order valence-corrected chi connectivity index (χ3v) is 2.78. The zero-order valence-electron chi connectivity index (χ0n) is 10.8. The van der Waals surface area contributed by atoms with Gasteiger partial charge in [-0.15, -0.1) is 6.07 Å². The van der Waals surface area contributed by atoms with E-state index in [9.17, 15) is 5.02 Å². The summed E-state index contributed by atoms with van der Waals surface area (Å²) in [5.41, 5.74) is 2.00. The summed E-state index contributed by atoms with van der Waals surface area (Å²) in [5.74, 6) is 0.972. The Morgan fingerprint density at radius 3 is 3.05 bits per heavy atom. The normalized spacial score (nSPS) is 12.3. The molecule has 0 spiro atoms. The molecule has 1 aromatic heterocycles. The van der Waals surface area contributed by atoms with Crippen molar-refractivity contribution in [2.24, 2.45) is 0 Å². The number of hydrogen-bond acceptors (Lipinski definition) is 4. The van der Waals surface area contributed by atoms with Gasteiger partial charge in [0, 0.05) is 0 Å². The average molecular weight is 336 g/mol. The quantitative estimate of drug-likeness (QED) is 0.533. The van der Waals surface area contributed by atoms with Gasteiger partial charge in [-0.25, -0.2) is 0 Å². The van der Waals surface area contributed by atoms with E-state index in [2.05, 4.69) is 15.9 Å². The maximum Gasteiger partial charge on any atom is 1.00 e. The molecule has 20 heavy (non-hydrogen) atoms. The molecule has 0 fully saturated rings. The molecule has 0 saturated carbocycles. The van der Waals surface area contributed by atoms with Crippen molar-refractivity contribution >= 4 is 18.3 Å². The summed E-state index contributed by atoms with van der Waals surface area (Å²) in [6, 6.07) is 9.58. The number of aromatic nitrogens is 1. The first kappa shape index (κ1) is 15.8. The number of benzene rings is 1. The van der Waals surface area contributed by atoms with Crippen LogP contribution in [-0.4, -0.2) is 17.1 Å². The number of ether oxygens (including phenoxy) is 1. The van der Waals surface area contributed by atoms with Gasteiger partial charge in [0.1, 0.15) is 11.6 Å². The fraction of sp³-hybridized carbons (Fsp3) is 0.0769. The maximum atomic E-state index is 9.51. The Morgan fingerprint density at radius 1 is 1.50 bits per heavy atom. The summed E-state index contributed by atoms with van der Waals surface area (Å²) in [5, 5.41) is 9.51. The van der Waals surface area contributed by atoms with Crippen molar-refractivity contribution in [3.63, 3.8) is 0 Å². The second-order valence-corrected chi connectivity index (χ2v) is 4.01. The molecule has 2 heterocycles. The Balaban J connectivity index is 0.00000147. The van der Waals surface area contributed by atoms with Crippen LogP contribution in [0.3, 0.4) is 0 Å². The molecule has 92 valence electrons. The average Bonchev–Trinajstić information content (AvgIpc) is 2.81. The summed E-state index contributed by atoms with van der Waals surface area (Å²) in [4.78, 5) is 7.21. The van der Waals surface area contributed by atoms with Gasteiger partial charge in [0.05, 0.1) is 18.9 Å². The SMILES string of the molecule is [C-]#[N+]c1[c-]cc(Oc2ccc3c(c2)COB3O)nc1.[Rb+]. The Morgan fingerprint density at radius 2 is 2.35 bits per heavy atom. The van der Waals surface area contributed by atoms with Crippen molar-refractivity contribution in [1.29, 1.82) is 0 Å². The first-order chi connectivity index (χ1) is 9.26. The molecule has 2 aromatic rings. The van der Waals surface area contributed by atoms with Gasteiger partial charge in [0.15, 0.2) is 0 Å². The van der Waals surface area contributed by atoms with Crippen LogP contribution in [0, 0.1) is 12.6 Å². The van der Waals surface area contributed by atoms with Gasteiger partial charge in [-0.2, -0.15) is 6.07 Å². The second-order valence-electron chi connectivity index (χ2n) is 4.01. The van der Waals surface area contributed by atoms with Crippen molar-refractivity contribution in [3.05, 3.63) is 53.5 Å². The van der Waals surface area contributed by atoms with E-state index in [0.717, 1.165) is 11.0 Å². The molecule has 1 aliphatic rings. The minimum atomic E-state index is -0.853. The van der Waals surface area contributed by atoms with Crippen LogP contribution in [0.4, 0.5) is 5.69 Å². The van der Waals surface area contributed by atoms with Gasteiger partial charge >= 0.3 is 65.3 Å². The molecule has 1 aliphatic heterocycles. The topological polar surface area (TPSA) is 55.9 Å². The van der Waals surface area contributed by atoms with E-state index >= 15 is 0 Å². The van der Waals surface area contributed by atoms with Gasteiger partial charge in [0.2, 0.25) is 0 Å². The van der Waals surface area contributed by atoms with Crippen LogP contribution < -0.4 is 68.4 Å².